The highest BCUT2D eigenvalue weighted by atomic mass is 16.7. The van der Waals surface area contributed by atoms with Crippen LogP contribution in [0.4, 0.5) is 9.59 Å². The van der Waals surface area contributed by atoms with E-state index in [1.54, 1.807) is 13.8 Å². The van der Waals surface area contributed by atoms with Crippen LogP contribution in [0.1, 0.15) is 65.0 Å². The molecule has 3 rings (SSSR count). The number of carbonyl (C=O) groups excluding carboxylic acids is 2. The minimum atomic E-state index is -0.704. The van der Waals surface area contributed by atoms with Gasteiger partial charge in [0.1, 0.15) is 11.5 Å². The SMILES string of the molecule is CCOC(=O)Oc1ccc(C2(c3ccc(OC(=O)OCC)cc3)CC(C)CC(C)(C)C2)cc1. The van der Waals surface area contributed by atoms with Gasteiger partial charge in [-0.05, 0) is 79.8 Å². The van der Waals surface area contributed by atoms with Crippen molar-refractivity contribution in [3.05, 3.63) is 59.7 Å². The van der Waals surface area contributed by atoms with Gasteiger partial charge in [-0.2, -0.15) is 0 Å². The Morgan fingerprint density at radius 3 is 1.58 bits per heavy atom. The first-order chi connectivity index (χ1) is 15.7. The fourth-order valence-corrected chi connectivity index (χ4v) is 5.35. The van der Waals surface area contributed by atoms with Crippen LogP contribution >= 0.6 is 0 Å². The van der Waals surface area contributed by atoms with Crippen molar-refractivity contribution in [1.29, 1.82) is 0 Å². The third kappa shape index (κ3) is 6.06. The Labute approximate surface area is 196 Å². The lowest BCUT2D eigenvalue weighted by atomic mass is 9.55. The van der Waals surface area contributed by atoms with Crippen molar-refractivity contribution in [3.63, 3.8) is 0 Å². The van der Waals surface area contributed by atoms with Gasteiger partial charge in [0.2, 0.25) is 0 Å². The van der Waals surface area contributed by atoms with Crippen molar-refractivity contribution in [2.75, 3.05) is 13.2 Å². The first-order valence-electron chi connectivity index (χ1n) is 11.6. The molecule has 0 aromatic heterocycles. The van der Waals surface area contributed by atoms with Crippen LogP contribution in [0.5, 0.6) is 11.5 Å². The molecule has 2 aromatic rings. The van der Waals surface area contributed by atoms with Crippen molar-refractivity contribution < 1.29 is 28.5 Å². The second-order valence-corrected chi connectivity index (χ2v) is 9.56. The van der Waals surface area contributed by atoms with E-state index in [1.165, 1.54) is 0 Å². The monoisotopic (exact) mass is 454 g/mol. The summed E-state index contributed by atoms with van der Waals surface area (Å²) >= 11 is 0. The van der Waals surface area contributed by atoms with E-state index in [-0.39, 0.29) is 24.0 Å². The zero-order chi connectivity index (χ0) is 24.1. The summed E-state index contributed by atoms with van der Waals surface area (Å²) < 4.78 is 20.2. The van der Waals surface area contributed by atoms with E-state index in [9.17, 15) is 9.59 Å². The largest absolute Gasteiger partial charge is 0.513 e. The van der Waals surface area contributed by atoms with Gasteiger partial charge < -0.3 is 18.9 Å². The molecule has 0 saturated heterocycles. The number of rotatable bonds is 6. The Kier molecular flexibility index (Phi) is 7.67. The molecule has 33 heavy (non-hydrogen) atoms. The molecule has 2 aromatic carbocycles. The minimum Gasteiger partial charge on any atom is -0.434 e. The van der Waals surface area contributed by atoms with Gasteiger partial charge in [-0.1, -0.05) is 45.0 Å². The molecule has 6 nitrogen and oxygen atoms in total. The lowest BCUT2D eigenvalue weighted by Crippen LogP contribution is -2.41. The van der Waals surface area contributed by atoms with Crippen LogP contribution in [0.25, 0.3) is 0 Å². The van der Waals surface area contributed by atoms with Gasteiger partial charge in [-0.3, -0.25) is 0 Å². The highest BCUT2D eigenvalue weighted by molar-refractivity contribution is 5.64. The van der Waals surface area contributed by atoms with Crippen LogP contribution in [0.15, 0.2) is 48.5 Å². The molecule has 1 unspecified atom stereocenters. The van der Waals surface area contributed by atoms with Crippen LogP contribution < -0.4 is 9.47 Å². The van der Waals surface area contributed by atoms with Gasteiger partial charge in [0.25, 0.3) is 0 Å². The van der Waals surface area contributed by atoms with Crippen molar-refractivity contribution >= 4 is 12.3 Å². The van der Waals surface area contributed by atoms with E-state index in [4.69, 9.17) is 18.9 Å². The normalized spacial score (nSPS) is 18.8. The van der Waals surface area contributed by atoms with Crippen LogP contribution in [-0.2, 0) is 14.9 Å². The molecule has 0 heterocycles. The maximum atomic E-state index is 11.7. The zero-order valence-electron chi connectivity index (χ0n) is 20.2. The molecule has 178 valence electrons. The van der Waals surface area contributed by atoms with E-state index >= 15 is 0 Å². The molecule has 0 amide bonds. The number of hydrogen-bond acceptors (Lipinski definition) is 6. The predicted octanol–water partition coefficient (Wildman–Crippen LogP) is 6.89. The van der Waals surface area contributed by atoms with Crippen LogP contribution in [0, 0.1) is 11.3 Å². The van der Waals surface area contributed by atoms with Crippen LogP contribution in [0.2, 0.25) is 0 Å². The van der Waals surface area contributed by atoms with Crippen molar-refractivity contribution in [3.8, 4) is 11.5 Å². The number of benzene rings is 2. The van der Waals surface area contributed by atoms with E-state index in [0.29, 0.717) is 17.4 Å². The van der Waals surface area contributed by atoms with Gasteiger partial charge in [0.15, 0.2) is 0 Å². The van der Waals surface area contributed by atoms with Gasteiger partial charge in [-0.25, -0.2) is 9.59 Å². The summed E-state index contributed by atoms with van der Waals surface area (Å²) in [5, 5.41) is 0. The van der Waals surface area contributed by atoms with E-state index in [2.05, 4.69) is 20.8 Å². The zero-order valence-corrected chi connectivity index (χ0v) is 20.2. The number of carbonyl (C=O) groups is 2. The topological polar surface area (TPSA) is 71.1 Å². The first kappa shape index (κ1) is 24.6. The summed E-state index contributed by atoms with van der Waals surface area (Å²) in [7, 11) is 0. The second kappa shape index (κ2) is 10.3. The van der Waals surface area contributed by atoms with E-state index in [1.807, 2.05) is 48.5 Å². The Hall–Kier alpha value is -3.02. The third-order valence-corrected chi connectivity index (χ3v) is 6.12. The molecule has 1 aliphatic carbocycles. The molecule has 0 radical (unpaired) electrons. The van der Waals surface area contributed by atoms with Gasteiger partial charge >= 0.3 is 12.3 Å². The molecule has 0 aliphatic heterocycles. The first-order valence-corrected chi connectivity index (χ1v) is 11.6. The quantitative estimate of drug-likeness (QED) is 0.350. The smallest absolute Gasteiger partial charge is 0.434 e. The second-order valence-electron chi connectivity index (χ2n) is 9.56. The lowest BCUT2D eigenvalue weighted by Gasteiger charge is -2.48. The number of hydrogen-bond donors (Lipinski definition) is 0. The standard InChI is InChI=1S/C27H34O6/c1-6-30-24(28)32-22-12-8-20(9-13-22)27(17-19(3)16-26(4,5)18-27)21-10-14-23(15-11-21)33-25(29)31-7-2/h8-15,19H,6-7,16-18H2,1-5H3. The lowest BCUT2D eigenvalue weighted by molar-refractivity contribution is 0.103. The average molecular weight is 455 g/mol. The van der Waals surface area contributed by atoms with Crippen LogP contribution in [-0.4, -0.2) is 25.5 Å². The summed E-state index contributed by atoms with van der Waals surface area (Å²) in [4.78, 5) is 23.3. The van der Waals surface area contributed by atoms with Crippen molar-refractivity contribution in [2.45, 2.75) is 59.3 Å². The molecule has 0 bridgehead atoms. The summed E-state index contributed by atoms with van der Waals surface area (Å²) in [6.45, 7) is 10.9. The van der Waals surface area contributed by atoms with Crippen LogP contribution in [0.3, 0.4) is 0 Å². The fourth-order valence-electron chi connectivity index (χ4n) is 5.35. The molecule has 1 aliphatic rings. The molecule has 1 atom stereocenters. The maximum absolute atomic E-state index is 11.7. The highest BCUT2D eigenvalue weighted by Crippen LogP contribution is 2.53. The summed E-state index contributed by atoms with van der Waals surface area (Å²) in [5.74, 6) is 1.43. The highest BCUT2D eigenvalue weighted by Gasteiger charge is 2.45. The van der Waals surface area contributed by atoms with E-state index in [0.717, 1.165) is 30.4 Å². The Morgan fingerprint density at radius 1 is 0.788 bits per heavy atom. The number of ether oxygens (including phenoxy) is 4. The minimum absolute atomic E-state index is 0.151. The van der Waals surface area contributed by atoms with Gasteiger partial charge in [-0.15, -0.1) is 0 Å². The maximum Gasteiger partial charge on any atom is 0.513 e. The van der Waals surface area contributed by atoms with Crippen molar-refractivity contribution in [1.82, 2.24) is 0 Å². The van der Waals surface area contributed by atoms with Gasteiger partial charge in [0, 0.05) is 5.41 Å². The average Bonchev–Trinajstić information content (AvgIpc) is 2.73. The molecule has 0 N–H and O–H groups in total. The fraction of sp³-hybridized carbons (Fsp3) is 0.481. The van der Waals surface area contributed by atoms with Gasteiger partial charge in [0.05, 0.1) is 13.2 Å². The molecular weight excluding hydrogens is 420 g/mol. The molecule has 0 spiro atoms. The predicted molar refractivity (Wildman–Crippen MR) is 126 cm³/mol. The molecular formula is C27H34O6. The summed E-state index contributed by atoms with van der Waals surface area (Å²) in [5.41, 5.74) is 2.26. The summed E-state index contributed by atoms with van der Waals surface area (Å²) in [6, 6.07) is 15.4. The Morgan fingerprint density at radius 2 is 1.21 bits per heavy atom. The Balaban J connectivity index is 1.95. The van der Waals surface area contributed by atoms with E-state index < -0.39 is 12.3 Å². The molecule has 6 heteroatoms. The van der Waals surface area contributed by atoms with Crippen molar-refractivity contribution in [2.24, 2.45) is 11.3 Å². The molecule has 1 saturated carbocycles. The third-order valence-electron chi connectivity index (χ3n) is 6.12. The Bertz CT molecular complexity index is 882. The summed E-state index contributed by atoms with van der Waals surface area (Å²) in [6.07, 6.45) is 1.71. The molecule has 1 fully saturated rings.